The summed E-state index contributed by atoms with van der Waals surface area (Å²) in [7, 11) is 0. The van der Waals surface area contributed by atoms with Crippen LogP contribution in [0.5, 0.6) is 0 Å². The van der Waals surface area contributed by atoms with Gasteiger partial charge in [0.25, 0.3) is 0 Å². The molecule has 120 valence electrons. The van der Waals surface area contributed by atoms with Crippen LogP contribution < -0.4 is 0 Å². The highest BCUT2D eigenvalue weighted by Crippen LogP contribution is 2.51. The topological polar surface area (TPSA) is 3.24 Å². The number of nitrogens with zero attached hydrogens (tertiary/aromatic N) is 1. The molecular formula is C21H24ClN. The van der Waals surface area contributed by atoms with Crippen LogP contribution in [0.25, 0.3) is 0 Å². The van der Waals surface area contributed by atoms with Crippen LogP contribution in [-0.4, -0.2) is 24.0 Å². The van der Waals surface area contributed by atoms with Gasteiger partial charge in [-0.05, 0) is 35.1 Å². The minimum atomic E-state index is 0.433. The van der Waals surface area contributed by atoms with Crippen molar-refractivity contribution in [2.75, 3.05) is 13.1 Å². The summed E-state index contributed by atoms with van der Waals surface area (Å²) >= 11 is 6.09. The molecule has 0 bridgehead atoms. The van der Waals surface area contributed by atoms with Gasteiger partial charge in [-0.15, -0.1) is 0 Å². The third-order valence-electron chi connectivity index (χ3n) is 5.62. The Kier molecular flexibility index (Phi) is 3.74. The van der Waals surface area contributed by atoms with Gasteiger partial charge >= 0.3 is 0 Å². The highest BCUT2D eigenvalue weighted by atomic mass is 35.5. The van der Waals surface area contributed by atoms with Gasteiger partial charge < -0.3 is 0 Å². The van der Waals surface area contributed by atoms with Gasteiger partial charge in [-0.25, -0.2) is 0 Å². The zero-order valence-corrected chi connectivity index (χ0v) is 14.6. The van der Waals surface area contributed by atoms with Crippen LogP contribution in [0.2, 0.25) is 5.02 Å². The van der Waals surface area contributed by atoms with Crippen molar-refractivity contribution in [1.82, 2.24) is 4.90 Å². The number of benzene rings is 2. The largest absolute Gasteiger partial charge is 0.299 e. The van der Waals surface area contributed by atoms with Gasteiger partial charge in [0.05, 0.1) is 0 Å². The lowest BCUT2D eigenvalue weighted by atomic mass is 9.76. The number of hydrogen-bond donors (Lipinski definition) is 0. The van der Waals surface area contributed by atoms with E-state index in [2.05, 4.69) is 61.2 Å². The van der Waals surface area contributed by atoms with Crippen molar-refractivity contribution < 1.29 is 0 Å². The SMILES string of the molecule is CC1(C)CC2C(c3ccccc3)C(c3ccc(Cl)cc3)CN2C1. The van der Waals surface area contributed by atoms with Crippen LogP contribution in [0.15, 0.2) is 54.6 Å². The zero-order chi connectivity index (χ0) is 16.0. The average Bonchev–Trinajstić information content (AvgIpc) is 3.00. The predicted octanol–water partition coefficient (Wildman–Crippen LogP) is 5.32. The molecule has 1 nitrogen and oxygen atoms in total. The van der Waals surface area contributed by atoms with E-state index in [1.165, 1.54) is 24.1 Å². The quantitative estimate of drug-likeness (QED) is 0.722. The highest BCUT2D eigenvalue weighted by Gasteiger charge is 2.50. The van der Waals surface area contributed by atoms with Gasteiger partial charge in [-0.1, -0.05) is 67.9 Å². The normalized spacial score (nSPS) is 29.6. The second kappa shape index (κ2) is 5.65. The van der Waals surface area contributed by atoms with E-state index in [9.17, 15) is 0 Å². The van der Waals surface area contributed by atoms with Crippen molar-refractivity contribution >= 4 is 11.6 Å². The van der Waals surface area contributed by atoms with Crippen LogP contribution in [0.3, 0.4) is 0 Å². The lowest BCUT2D eigenvalue weighted by Crippen LogP contribution is -2.25. The van der Waals surface area contributed by atoms with Crippen LogP contribution in [0, 0.1) is 5.41 Å². The molecule has 2 saturated heterocycles. The van der Waals surface area contributed by atoms with Gasteiger partial charge in [0.2, 0.25) is 0 Å². The molecule has 2 heteroatoms. The molecule has 0 aromatic heterocycles. The summed E-state index contributed by atoms with van der Waals surface area (Å²) in [5, 5.41) is 0.824. The fraction of sp³-hybridized carbons (Fsp3) is 0.429. The Hall–Kier alpha value is -1.31. The maximum atomic E-state index is 6.09. The molecule has 3 unspecified atom stereocenters. The predicted molar refractivity (Wildman–Crippen MR) is 97.1 cm³/mol. The van der Waals surface area contributed by atoms with E-state index >= 15 is 0 Å². The van der Waals surface area contributed by atoms with Gasteiger partial charge in [-0.2, -0.15) is 0 Å². The van der Waals surface area contributed by atoms with Gasteiger partial charge in [0, 0.05) is 36.0 Å². The molecule has 0 radical (unpaired) electrons. The van der Waals surface area contributed by atoms with Crippen molar-refractivity contribution in [2.24, 2.45) is 5.41 Å². The first kappa shape index (κ1) is 15.2. The lowest BCUT2D eigenvalue weighted by Gasteiger charge is -2.26. The second-order valence-electron chi connectivity index (χ2n) is 7.96. The fourth-order valence-corrected chi connectivity index (χ4v) is 4.89. The molecule has 2 aromatic rings. The maximum absolute atomic E-state index is 6.09. The molecule has 23 heavy (non-hydrogen) atoms. The first-order valence-corrected chi connectivity index (χ1v) is 8.96. The zero-order valence-electron chi connectivity index (χ0n) is 13.9. The third-order valence-corrected chi connectivity index (χ3v) is 5.88. The first-order chi connectivity index (χ1) is 11.0. The van der Waals surface area contributed by atoms with Crippen molar-refractivity contribution in [1.29, 1.82) is 0 Å². The van der Waals surface area contributed by atoms with Crippen molar-refractivity contribution in [2.45, 2.75) is 38.1 Å². The summed E-state index contributed by atoms with van der Waals surface area (Å²) in [4.78, 5) is 2.72. The van der Waals surface area contributed by atoms with Gasteiger partial charge in [0.15, 0.2) is 0 Å². The smallest absolute Gasteiger partial charge is 0.0406 e. The Bertz CT molecular complexity index is 677. The molecule has 0 spiro atoms. The summed E-state index contributed by atoms with van der Waals surface area (Å²) in [6, 6.07) is 20.3. The van der Waals surface area contributed by atoms with E-state index < -0.39 is 0 Å². The van der Waals surface area contributed by atoms with E-state index in [4.69, 9.17) is 11.6 Å². The van der Waals surface area contributed by atoms with E-state index in [-0.39, 0.29) is 0 Å². The summed E-state index contributed by atoms with van der Waals surface area (Å²) in [6.45, 7) is 7.19. The van der Waals surface area contributed by atoms with E-state index in [1.807, 2.05) is 12.1 Å². The molecule has 0 aliphatic carbocycles. The molecule has 2 aliphatic rings. The van der Waals surface area contributed by atoms with Crippen molar-refractivity contribution in [3.63, 3.8) is 0 Å². The number of hydrogen-bond acceptors (Lipinski definition) is 1. The van der Waals surface area contributed by atoms with Crippen molar-refractivity contribution in [3.8, 4) is 0 Å². The number of rotatable bonds is 2. The summed E-state index contributed by atoms with van der Waals surface area (Å²) in [6.07, 6.45) is 1.29. The minimum absolute atomic E-state index is 0.433. The summed E-state index contributed by atoms with van der Waals surface area (Å²) in [5.41, 5.74) is 3.34. The molecule has 0 amide bonds. The third kappa shape index (κ3) is 2.81. The molecule has 2 aromatic carbocycles. The van der Waals surface area contributed by atoms with Gasteiger partial charge in [-0.3, -0.25) is 4.90 Å². The Labute approximate surface area is 144 Å². The Balaban J connectivity index is 1.73. The second-order valence-corrected chi connectivity index (χ2v) is 8.40. The monoisotopic (exact) mass is 325 g/mol. The Morgan fingerprint density at radius 2 is 1.65 bits per heavy atom. The van der Waals surface area contributed by atoms with E-state index in [0.717, 1.165) is 11.6 Å². The van der Waals surface area contributed by atoms with Crippen LogP contribution in [-0.2, 0) is 0 Å². The van der Waals surface area contributed by atoms with Crippen LogP contribution in [0.4, 0.5) is 0 Å². The summed E-state index contributed by atoms with van der Waals surface area (Å²) in [5.74, 6) is 1.15. The molecule has 2 fully saturated rings. The molecule has 2 heterocycles. The standard InChI is InChI=1S/C21H24ClN/c1-21(2)12-19-20(16-6-4-3-5-7-16)18(13-23(19)14-21)15-8-10-17(22)11-9-15/h3-11,18-20H,12-14H2,1-2H3. The molecule has 2 aliphatic heterocycles. The Morgan fingerprint density at radius 1 is 0.957 bits per heavy atom. The maximum Gasteiger partial charge on any atom is 0.0406 e. The molecule has 0 saturated carbocycles. The fourth-order valence-electron chi connectivity index (χ4n) is 4.77. The molecular weight excluding hydrogens is 302 g/mol. The average molecular weight is 326 g/mol. The lowest BCUT2D eigenvalue weighted by molar-refractivity contribution is 0.290. The van der Waals surface area contributed by atoms with Crippen molar-refractivity contribution in [3.05, 3.63) is 70.7 Å². The number of halogens is 1. The minimum Gasteiger partial charge on any atom is -0.299 e. The highest BCUT2D eigenvalue weighted by molar-refractivity contribution is 6.30. The van der Waals surface area contributed by atoms with Crippen LogP contribution in [0.1, 0.15) is 43.2 Å². The van der Waals surface area contributed by atoms with E-state index in [1.54, 1.807) is 0 Å². The number of fused-ring (bicyclic) bond motifs is 1. The van der Waals surface area contributed by atoms with E-state index in [0.29, 0.717) is 23.3 Å². The van der Waals surface area contributed by atoms with Gasteiger partial charge in [0.1, 0.15) is 0 Å². The molecule has 3 atom stereocenters. The Morgan fingerprint density at radius 3 is 2.35 bits per heavy atom. The summed E-state index contributed by atoms with van der Waals surface area (Å²) < 4.78 is 0. The van der Waals surface area contributed by atoms with Crippen LogP contribution >= 0.6 is 11.6 Å². The first-order valence-electron chi connectivity index (χ1n) is 8.58. The molecule has 4 rings (SSSR count). The molecule has 0 N–H and O–H groups in total.